The highest BCUT2D eigenvalue weighted by molar-refractivity contribution is 5.75. The van der Waals surface area contributed by atoms with Gasteiger partial charge in [0, 0.05) is 7.11 Å². The fraction of sp³-hybridized carbons (Fsp3) is 0.909. The fourth-order valence-electron chi connectivity index (χ4n) is 1.90. The van der Waals surface area contributed by atoms with E-state index in [1.165, 1.54) is 0 Å². The molecule has 0 aromatic heterocycles. The van der Waals surface area contributed by atoms with E-state index in [-0.39, 0.29) is 30.9 Å². The lowest BCUT2D eigenvalue weighted by molar-refractivity contribution is -0.143. The van der Waals surface area contributed by atoms with Gasteiger partial charge >= 0.3 is 5.97 Å². The number of esters is 1. The van der Waals surface area contributed by atoms with Crippen molar-refractivity contribution in [2.75, 3.05) is 13.9 Å². The summed E-state index contributed by atoms with van der Waals surface area (Å²) < 4.78 is 15.5. The predicted octanol–water partition coefficient (Wildman–Crippen LogP) is 1.73. The Morgan fingerprint density at radius 2 is 2.20 bits per heavy atom. The third-order valence-electron chi connectivity index (χ3n) is 2.71. The van der Waals surface area contributed by atoms with E-state index in [9.17, 15) is 4.79 Å². The number of methoxy groups -OCH3 is 1. The number of cyclic esters (lactones) is 1. The van der Waals surface area contributed by atoms with Gasteiger partial charge in [0.15, 0.2) is 0 Å². The van der Waals surface area contributed by atoms with Gasteiger partial charge in [0.05, 0.1) is 5.92 Å². The molecule has 0 aromatic rings. The van der Waals surface area contributed by atoms with Crippen LogP contribution in [-0.4, -0.2) is 32.1 Å². The first-order chi connectivity index (χ1) is 7.20. The van der Waals surface area contributed by atoms with Crippen molar-refractivity contribution in [3.05, 3.63) is 0 Å². The molecule has 4 nitrogen and oxygen atoms in total. The number of hydrogen-bond donors (Lipinski definition) is 0. The second-order valence-corrected chi connectivity index (χ2v) is 3.93. The van der Waals surface area contributed by atoms with Gasteiger partial charge in [-0.25, -0.2) is 0 Å². The summed E-state index contributed by atoms with van der Waals surface area (Å²) in [6.45, 7) is 4.19. The van der Waals surface area contributed by atoms with E-state index in [0.29, 0.717) is 0 Å². The minimum Gasteiger partial charge on any atom is -0.460 e. The summed E-state index contributed by atoms with van der Waals surface area (Å²) in [5, 5.41) is 0. The SMILES string of the molecule is CCCC[C@H]1C(=O)O[C@@H](C)[C@H]1OCOC. The summed E-state index contributed by atoms with van der Waals surface area (Å²) in [4.78, 5) is 11.5. The van der Waals surface area contributed by atoms with Gasteiger partial charge in [0.1, 0.15) is 19.0 Å². The Morgan fingerprint density at radius 1 is 1.47 bits per heavy atom. The Balaban J connectivity index is 2.50. The summed E-state index contributed by atoms with van der Waals surface area (Å²) in [5.41, 5.74) is 0. The normalized spacial score (nSPS) is 30.6. The van der Waals surface area contributed by atoms with Gasteiger partial charge in [-0.05, 0) is 13.3 Å². The first-order valence-electron chi connectivity index (χ1n) is 5.51. The lowest BCUT2D eigenvalue weighted by Gasteiger charge is -2.18. The topological polar surface area (TPSA) is 44.8 Å². The zero-order chi connectivity index (χ0) is 11.3. The maximum absolute atomic E-state index is 11.5. The van der Waals surface area contributed by atoms with Crippen LogP contribution in [0.4, 0.5) is 0 Å². The minimum atomic E-state index is -0.158. The zero-order valence-corrected chi connectivity index (χ0v) is 9.69. The summed E-state index contributed by atoms with van der Waals surface area (Å²) >= 11 is 0. The molecular formula is C11H20O4. The first kappa shape index (κ1) is 12.5. The fourth-order valence-corrected chi connectivity index (χ4v) is 1.90. The van der Waals surface area contributed by atoms with E-state index >= 15 is 0 Å². The van der Waals surface area contributed by atoms with Crippen molar-refractivity contribution < 1.29 is 19.0 Å². The molecule has 3 atom stereocenters. The molecule has 0 unspecified atom stereocenters. The van der Waals surface area contributed by atoms with E-state index in [2.05, 4.69) is 6.92 Å². The summed E-state index contributed by atoms with van der Waals surface area (Å²) in [6, 6.07) is 0. The van der Waals surface area contributed by atoms with Crippen LogP contribution in [-0.2, 0) is 19.0 Å². The largest absolute Gasteiger partial charge is 0.460 e. The van der Waals surface area contributed by atoms with Crippen LogP contribution in [0.25, 0.3) is 0 Å². The van der Waals surface area contributed by atoms with Crippen molar-refractivity contribution in [2.45, 2.75) is 45.3 Å². The molecule has 0 amide bonds. The van der Waals surface area contributed by atoms with Crippen LogP contribution >= 0.6 is 0 Å². The number of unbranched alkanes of at least 4 members (excludes halogenated alkanes) is 1. The highest BCUT2D eigenvalue weighted by atomic mass is 16.7. The number of hydrogen-bond acceptors (Lipinski definition) is 4. The van der Waals surface area contributed by atoms with Gasteiger partial charge in [-0.15, -0.1) is 0 Å². The van der Waals surface area contributed by atoms with Crippen molar-refractivity contribution in [1.29, 1.82) is 0 Å². The third kappa shape index (κ3) is 3.18. The smallest absolute Gasteiger partial charge is 0.312 e. The second-order valence-electron chi connectivity index (χ2n) is 3.93. The molecule has 1 fully saturated rings. The molecule has 0 saturated carbocycles. The van der Waals surface area contributed by atoms with Crippen LogP contribution in [0.5, 0.6) is 0 Å². The van der Waals surface area contributed by atoms with Gasteiger partial charge in [-0.3, -0.25) is 4.79 Å². The Kier molecular flexibility index (Phi) is 5.05. The highest BCUT2D eigenvalue weighted by Gasteiger charge is 2.42. The van der Waals surface area contributed by atoms with Crippen molar-refractivity contribution in [2.24, 2.45) is 5.92 Å². The molecule has 1 aliphatic rings. The molecule has 1 heterocycles. The van der Waals surface area contributed by atoms with Gasteiger partial charge in [0.2, 0.25) is 0 Å². The van der Waals surface area contributed by atoms with Crippen molar-refractivity contribution in [3.63, 3.8) is 0 Å². The standard InChI is InChI=1S/C11H20O4/c1-4-5-6-9-10(14-7-13-3)8(2)15-11(9)12/h8-10H,4-7H2,1-3H3/t8-,9+,10+/m0/s1. The number of rotatable bonds is 6. The summed E-state index contributed by atoms with van der Waals surface area (Å²) in [7, 11) is 1.57. The van der Waals surface area contributed by atoms with Crippen molar-refractivity contribution >= 4 is 5.97 Å². The van der Waals surface area contributed by atoms with Crippen LogP contribution in [0.3, 0.4) is 0 Å². The van der Waals surface area contributed by atoms with Crippen LogP contribution in [0, 0.1) is 5.92 Å². The average Bonchev–Trinajstić information content (AvgIpc) is 2.47. The number of ether oxygens (including phenoxy) is 3. The molecule has 0 bridgehead atoms. The lowest BCUT2D eigenvalue weighted by atomic mass is 9.96. The van der Waals surface area contributed by atoms with Gasteiger partial charge in [0.25, 0.3) is 0 Å². The van der Waals surface area contributed by atoms with Crippen molar-refractivity contribution in [3.8, 4) is 0 Å². The van der Waals surface area contributed by atoms with Crippen molar-refractivity contribution in [1.82, 2.24) is 0 Å². The van der Waals surface area contributed by atoms with Crippen LogP contribution in [0.1, 0.15) is 33.1 Å². The van der Waals surface area contributed by atoms with Crippen LogP contribution in [0.15, 0.2) is 0 Å². The number of carbonyl (C=O) groups excluding carboxylic acids is 1. The van der Waals surface area contributed by atoms with E-state index in [0.717, 1.165) is 19.3 Å². The predicted molar refractivity (Wildman–Crippen MR) is 55.3 cm³/mol. The van der Waals surface area contributed by atoms with Gasteiger partial charge in [-0.1, -0.05) is 19.8 Å². The Morgan fingerprint density at radius 3 is 2.80 bits per heavy atom. The van der Waals surface area contributed by atoms with Gasteiger partial charge < -0.3 is 14.2 Å². The molecule has 1 saturated heterocycles. The average molecular weight is 216 g/mol. The van der Waals surface area contributed by atoms with Crippen LogP contribution < -0.4 is 0 Å². The number of carbonyl (C=O) groups is 1. The van der Waals surface area contributed by atoms with E-state index in [4.69, 9.17) is 14.2 Å². The molecule has 0 aromatic carbocycles. The molecule has 88 valence electrons. The van der Waals surface area contributed by atoms with Crippen LogP contribution in [0.2, 0.25) is 0 Å². The Labute approximate surface area is 90.9 Å². The molecule has 4 heteroatoms. The highest BCUT2D eigenvalue weighted by Crippen LogP contribution is 2.28. The molecule has 1 aliphatic heterocycles. The Hall–Kier alpha value is -0.610. The Bertz CT molecular complexity index is 205. The van der Waals surface area contributed by atoms with E-state index in [1.54, 1.807) is 7.11 Å². The molecule has 0 spiro atoms. The quantitative estimate of drug-likeness (QED) is 0.501. The maximum atomic E-state index is 11.5. The maximum Gasteiger partial charge on any atom is 0.312 e. The molecular weight excluding hydrogens is 196 g/mol. The van der Waals surface area contributed by atoms with E-state index < -0.39 is 0 Å². The second kappa shape index (κ2) is 6.08. The molecule has 0 N–H and O–H groups in total. The molecule has 0 radical (unpaired) electrons. The summed E-state index contributed by atoms with van der Waals surface area (Å²) in [5.74, 6) is -0.243. The molecule has 1 rings (SSSR count). The third-order valence-corrected chi connectivity index (χ3v) is 2.71. The molecule has 15 heavy (non-hydrogen) atoms. The minimum absolute atomic E-state index is 0.116. The van der Waals surface area contributed by atoms with Gasteiger partial charge in [-0.2, -0.15) is 0 Å². The lowest BCUT2D eigenvalue weighted by Crippen LogP contribution is -2.29. The summed E-state index contributed by atoms with van der Waals surface area (Å²) in [6.07, 6.45) is 2.64. The first-order valence-corrected chi connectivity index (χ1v) is 5.51. The van der Waals surface area contributed by atoms with E-state index in [1.807, 2.05) is 6.92 Å². The zero-order valence-electron chi connectivity index (χ0n) is 9.69. The monoisotopic (exact) mass is 216 g/mol. The molecule has 0 aliphatic carbocycles.